The molecule has 2 rings (SSSR count). The number of hydrogen-bond acceptors (Lipinski definition) is 4. The highest BCUT2D eigenvalue weighted by Gasteiger charge is 2.15. The summed E-state index contributed by atoms with van der Waals surface area (Å²) in [5.74, 6) is -0.971. The van der Waals surface area contributed by atoms with Crippen LogP contribution in [0.15, 0.2) is 48.5 Å². The summed E-state index contributed by atoms with van der Waals surface area (Å²) in [6, 6.07) is 12.5. The number of halogens is 1. The van der Waals surface area contributed by atoms with Gasteiger partial charge < -0.3 is 14.8 Å². The van der Waals surface area contributed by atoms with Crippen molar-refractivity contribution >= 4 is 11.9 Å². The quantitative estimate of drug-likeness (QED) is 0.747. The second-order valence-corrected chi connectivity index (χ2v) is 5.34. The van der Waals surface area contributed by atoms with Crippen LogP contribution in [0.25, 0.3) is 0 Å². The Morgan fingerprint density at radius 3 is 2.52 bits per heavy atom. The summed E-state index contributed by atoms with van der Waals surface area (Å²) >= 11 is 0. The minimum atomic E-state index is -0.638. The van der Waals surface area contributed by atoms with Crippen molar-refractivity contribution in [2.45, 2.75) is 20.0 Å². The first-order valence-corrected chi connectivity index (χ1v) is 8.00. The zero-order valence-corrected chi connectivity index (χ0v) is 14.0. The van der Waals surface area contributed by atoms with Gasteiger partial charge >= 0.3 is 5.97 Å². The first-order valence-electron chi connectivity index (χ1n) is 8.00. The van der Waals surface area contributed by atoms with Crippen molar-refractivity contribution in [3.05, 3.63) is 65.5 Å². The Kier molecular flexibility index (Phi) is 6.95. The fourth-order valence-corrected chi connectivity index (χ4v) is 2.03. The Balaban J connectivity index is 1.95. The van der Waals surface area contributed by atoms with Gasteiger partial charge in [-0.2, -0.15) is 0 Å². The van der Waals surface area contributed by atoms with E-state index < -0.39 is 5.97 Å². The van der Waals surface area contributed by atoms with E-state index in [1.165, 1.54) is 12.1 Å². The van der Waals surface area contributed by atoms with Gasteiger partial charge in [0.05, 0.1) is 0 Å². The van der Waals surface area contributed by atoms with Crippen molar-refractivity contribution in [2.75, 3.05) is 13.2 Å². The van der Waals surface area contributed by atoms with Crippen LogP contribution < -0.4 is 10.1 Å². The molecule has 6 heteroatoms. The highest BCUT2D eigenvalue weighted by Crippen LogP contribution is 2.20. The summed E-state index contributed by atoms with van der Waals surface area (Å²) in [5, 5.41) is 2.63. The molecule has 0 aliphatic rings. The molecule has 5 nitrogen and oxygen atoms in total. The van der Waals surface area contributed by atoms with E-state index >= 15 is 0 Å². The average Bonchev–Trinajstić information content (AvgIpc) is 2.64. The molecule has 0 fully saturated rings. The lowest BCUT2D eigenvalue weighted by Crippen LogP contribution is -2.29. The zero-order chi connectivity index (χ0) is 18.1. The molecule has 0 aromatic heterocycles. The first-order chi connectivity index (χ1) is 12.1. The third-order valence-electron chi connectivity index (χ3n) is 3.32. The van der Waals surface area contributed by atoms with Crippen LogP contribution in [-0.2, 0) is 16.1 Å². The predicted octanol–water partition coefficient (Wildman–Crippen LogP) is 3.09. The number of amides is 1. The molecule has 132 valence electrons. The Morgan fingerprint density at radius 2 is 1.80 bits per heavy atom. The number of nitrogens with one attached hydrogen (secondary N) is 1. The molecule has 2 aromatic rings. The number of carbonyl (C=O) groups is 2. The van der Waals surface area contributed by atoms with Crippen LogP contribution in [0.3, 0.4) is 0 Å². The van der Waals surface area contributed by atoms with Crippen molar-refractivity contribution in [1.82, 2.24) is 5.32 Å². The van der Waals surface area contributed by atoms with Gasteiger partial charge in [0.1, 0.15) is 23.7 Å². The van der Waals surface area contributed by atoms with Crippen LogP contribution in [-0.4, -0.2) is 25.0 Å². The monoisotopic (exact) mass is 345 g/mol. The van der Waals surface area contributed by atoms with E-state index in [4.69, 9.17) is 9.47 Å². The van der Waals surface area contributed by atoms with Gasteiger partial charge in [0.15, 0.2) is 6.61 Å². The maximum atomic E-state index is 12.9. The Hall–Kier alpha value is -2.89. The lowest BCUT2D eigenvalue weighted by Gasteiger charge is -2.11. The van der Waals surface area contributed by atoms with Gasteiger partial charge in [-0.05, 0) is 36.2 Å². The van der Waals surface area contributed by atoms with Crippen molar-refractivity contribution in [2.24, 2.45) is 0 Å². The highest BCUT2D eigenvalue weighted by molar-refractivity contribution is 5.93. The van der Waals surface area contributed by atoms with Crippen molar-refractivity contribution < 1.29 is 23.5 Å². The molecule has 0 heterocycles. The summed E-state index contributed by atoms with van der Waals surface area (Å²) in [6.45, 7) is 2.31. The molecule has 0 radical (unpaired) electrons. The molecule has 0 bridgehead atoms. The Morgan fingerprint density at radius 1 is 1.08 bits per heavy atom. The molecule has 25 heavy (non-hydrogen) atoms. The Labute approximate surface area is 145 Å². The molecule has 1 N–H and O–H groups in total. The van der Waals surface area contributed by atoms with Gasteiger partial charge in [-0.3, -0.25) is 4.79 Å². The zero-order valence-electron chi connectivity index (χ0n) is 14.0. The molecule has 0 unspecified atom stereocenters. The largest absolute Gasteiger partial charge is 0.488 e. The number of benzene rings is 2. The van der Waals surface area contributed by atoms with Crippen LogP contribution in [0.4, 0.5) is 4.39 Å². The van der Waals surface area contributed by atoms with Gasteiger partial charge in [0.25, 0.3) is 5.91 Å². The van der Waals surface area contributed by atoms with Gasteiger partial charge in [0.2, 0.25) is 0 Å². The Bertz CT molecular complexity index is 716. The maximum absolute atomic E-state index is 12.9. The molecular formula is C19H20FNO4. The minimum absolute atomic E-state index is 0.182. The van der Waals surface area contributed by atoms with Crippen molar-refractivity contribution in [3.63, 3.8) is 0 Å². The van der Waals surface area contributed by atoms with Crippen LogP contribution in [0.2, 0.25) is 0 Å². The number of rotatable bonds is 8. The van der Waals surface area contributed by atoms with Gasteiger partial charge in [-0.15, -0.1) is 0 Å². The maximum Gasteiger partial charge on any atom is 0.342 e. The average molecular weight is 345 g/mol. The second-order valence-electron chi connectivity index (χ2n) is 5.34. The molecule has 1 amide bonds. The molecule has 0 aliphatic heterocycles. The summed E-state index contributed by atoms with van der Waals surface area (Å²) < 4.78 is 23.6. The van der Waals surface area contributed by atoms with Crippen LogP contribution in [0.5, 0.6) is 5.75 Å². The van der Waals surface area contributed by atoms with E-state index in [1.54, 1.807) is 36.4 Å². The number of ether oxygens (including phenoxy) is 2. The fraction of sp³-hybridized carbons (Fsp3) is 0.263. The molecule has 0 saturated carbocycles. The third-order valence-corrected chi connectivity index (χ3v) is 3.32. The van der Waals surface area contributed by atoms with Crippen LogP contribution >= 0.6 is 0 Å². The van der Waals surface area contributed by atoms with E-state index in [9.17, 15) is 14.0 Å². The summed E-state index contributed by atoms with van der Waals surface area (Å²) in [5.41, 5.74) is 0.997. The number of carbonyl (C=O) groups excluding carboxylic acids is 2. The summed E-state index contributed by atoms with van der Waals surface area (Å²) in [6.07, 6.45) is 0.805. The molecule has 0 saturated heterocycles. The third kappa shape index (κ3) is 5.91. The van der Waals surface area contributed by atoms with E-state index in [0.29, 0.717) is 12.3 Å². The standard InChI is InChI=1S/C19H20FNO4/c1-2-11-21-18(22)13-25-19(23)16-5-3-4-6-17(16)24-12-14-7-9-15(20)10-8-14/h3-10H,2,11-13H2,1H3,(H,21,22). The van der Waals surface area contributed by atoms with Gasteiger partial charge in [-0.25, -0.2) is 9.18 Å². The van der Waals surface area contributed by atoms with Crippen molar-refractivity contribution in [3.8, 4) is 5.75 Å². The summed E-state index contributed by atoms with van der Waals surface area (Å²) in [7, 11) is 0. The van der Waals surface area contributed by atoms with Gasteiger partial charge in [0, 0.05) is 6.54 Å². The number of para-hydroxylation sites is 1. The molecule has 0 atom stereocenters. The van der Waals surface area contributed by atoms with Crippen LogP contribution in [0.1, 0.15) is 29.3 Å². The topological polar surface area (TPSA) is 64.6 Å². The van der Waals surface area contributed by atoms with Gasteiger partial charge in [-0.1, -0.05) is 31.2 Å². The minimum Gasteiger partial charge on any atom is -0.488 e. The van der Waals surface area contributed by atoms with Crippen LogP contribution in [0, 0.1) is 5.82 Å². The number of esters is 1. The predicted molar refractivity (Wildman–Crippen MR) is 90.8 cm³/mol. The first kappa shape index (κ1) is 18.4. The molecule has 2 aromatic carbocycles. The highest BCUT2D eigenvalue weighted by atomic mass is 19.1. The second kappa shape index (κ2) is 9.42. The van der Waals surface area contributed by atoms with E-state index in [-0.39, 0.29) is 30.5 Å². The summed E-state index contributed by atoms with van der Waals surface area (Å²) in [4.78, 5) is 23.7. The van der Waals surface area contributed by atoms with E-state index in [0.717, 1.165) is 12.0 Å². The normalized spacial score (nSPS) is 10.2. The fourth-order valence-electron chi connectivity index (χ4n) is 2.03. The lowest BCUT2D eigenvalue weighted by atomic mass is 10.2. The lowest BCUT2D eigenvalue weighted by molar-refractivity contribution is -0.124. The molecule has 0 aliphatic carbocycles. The number of hydrogen-bond donors (Lipinski definition) is 1. The van der Waals surface area contributed by atoms with E-state index in [2.05, 4.69) is 5.32 Å². The smallest absolute Gasteiger partial charge is 0.342 e. The molecule has 0 spiro atoms. The SMILES string of the molecule is CCCNC(=O)COC(=O)c1ccccc1OCc1ccc(F)cc1. The molecular weight excluding hydrogens is 325 g/mol. The van der Waals surface area contributed by atoms with Crippen molar-refractivity contribution in [1.29, 1.82) is 0 Å². The van der Waals surface area contributed by atoms with E-state index in [1.807, 2.05) is 6.92 Å².